The largest absolute Gasteiger partial charge is 0.497 e. The van der Waals surface area contributed by atoms with Crippen molar-refractivity contribution in [3.05, 3.63) is 101 Å². The number of carbonyl (C=O) groups excluding carboxylic acids is 1. The maximum atomic E-state index is 15.4. The average Bonchev–Trinajstić information content (AvgIpc) is 3.88. The van der Waals surface area contributed by atoms with Gasteiger partial charge in [0.2, 0.25) is 5.89 Å². The van der Waals surface area contributed by atoms with Crippen molar-refractivity contribution in [3.8, 4) is 11.5 Å². The van der Waals surface area contributed by atoms with Crippen LogP contribution in [0.2, 0.25) is 5.02 Å². The van der Waals surface area contributed by atoms with Crippen molar-refractivity contribution < 1.29 is 27.1 Å². The monoisotopic (exact) mass is 662 g/mol. The molecular weight excluding hydrogens is 628 g/mol. The first-order valence-corrected chi connectivity index (χ1v) is 17.2. The van der Waals surface area contributed by atoms with Gasteiger partial charge in [-0.3, -0.25) is 14.6 Å². The van der Waals surface area contributed by atoms with Gasteiger partial charge in [-0.25, -0.2) is 17.7 Å². The van der Waals surface area contributed by atoms with E-state index in [4.69, 9.17) is 25.5 Å². The minimum Gasteiger partial charge on any atom is -0.497 e. The van der Waals surface area contributed by atoms with Crippen molar-refractivity contribution in [1.29, 1.82) is 0 Å². The Hall–Kier alpha value is -3.90. The highest BCUT2D eigenvalue weighted by Gasteiger charge is 2.62. The molecule has 1 aromatic heterocycles. The second kappa shape index (κ2) is 12.0. The summed E-state index contributed by atoms with van der Waals surface area (Å²) in [6, 6.07) is 16.4. The van der Waals surface area contributed by atoms with Crippen molar-refractivity contribution in [1.82, 2.24) is 14.8 Å². The van der Waals surface area contributed by atoms with Gasteiger partial charge in [-0.1, -0.05) is 23.7 Å². The van der Waals surface area contributed by atoms with Crippen LogP contribution in [0.4, 0.5) is 5.69 Å². The number of methoxy groups -OCH3 is 2. The second-order valence-electron chi connectivity index (χ2n) is 11.9. The Morgan fingerprint density at radius 2 is 1.74 bits per heavy atom. The van der Waals surface area contributed by atoms with Gasteiger partial charge in [-0.05, 0) is 92.9 Å². The molecule has 2 saturated heterocycles. The van der Waals surface area contributed by atoms with Gasteiger partial charge in [-0.15, -0.1) is 0 Å². The zero-order valence-electron chi connectivity index (χ0n) is 25.7. The molecule has 0 N–H and O–H groups in total. The minimum absolute atomic E-state index is 0.0445. The number of fused-ring (bicyclic) bond motifs is 1. The lowest BCUT2D eigenvalue weighted by Crippen LogP contribution is -2.54. The summed E-state index contributed by atoms with van der Waals surface area (Å²) in [6.07, 6.45) is 6.81. The Bertz CT molecular complexity index is 1860. The van der Waals surface area contributed by atoms with Crippen LogP contribution < -0.4 is 13.8 Å². The van der Waals surface area contributed by atoms with E-state index in [1.165, 1.54) is 38.3 Å². The smallest absolute Gasteiger partial charge is 0.271 e. The molecule has 0 aliphatic carbocycles. The first-order valence-electron chi connectivity index (χ1n) is 15.4. The summed E-state index contributed by atoms with van der Waals surface area (Å²) >= 11 is 6.66. The Morgan fingerprint density at radius 3 is 2.43 bits per heavy atom. The van der Waals surface area contributed by atoms with Gasteiger partial charge in [0.15, 0.2) is 5.54 Å². The predicted molar refractivity (Wildman–Crippen MR) is 173 cm³/mol. The predicted octanol–water partition coefficient (Wildman–Crippen LogP) is 5.76. The zero-order valence-corrected chi connectivity index (χ0v) is 27.3. The Labute approximate surface area is 273 Å². The van der Waals surface area contributed by atoms with Crippen molar-refractivity contribution in [2.24, 2.45) is 0 Å². The van der Waals surface area contributed by atoms with Crippen molar-refractivity contribution in [3.63, 3.8) is 0 Å². The highest BCUT2D eigenvalue weighted by molar-refractivity contribution is 7.93. The molecular formula is C34H35ClN4O6S. The molecule has 0 bridgehead atoms. The Balaban J connectivity index is 1.46. The van der Waals surface area contributed by atoms with Crippen LogP contribution in [0.25, 0.3) is 0 Å². The van der Waals surface area contributed by atoms with Gasteiger partial charge in [0.25, 0.3) is 15.9 Å². The van der Waals surface area contributed by atoms with Crippen LogP contribution in [-0.4, -0.2) is 63.0 Å². The molecule has 2 fully saturated rings. The Morgan fingerprint density at radius 1 is 0.957 bits per heavy atom. The summed E-state index contributed by atoms with van der Waals surface area (Å²) in [7, 11) is -1.31. The van der Waals surface area contributed by atoms with E-state index in [-0.39, 0.29) is 10.6 Å². The standard InChI is InChI=1S/C34H35ClN4O6S/c1-43-25-9-11-26(12-10-25)46(41,42)39-29-14-8-24(35)21-28(29)34(33(39)40,38-18-5-6-30(38)32-36-15-19-45-32)27-13-7-23(20-31(27)44-2)22-37-16-3-4-17-37/h7-15,19-21,30H,3-6,16-18,22H2,1-2H3. The number of halogens is 1. The first-order chi connectivity index (χ1) is 22.3. The van der Waals surface area contributed by atoms with Gasteiger partial charge in [0.1, 0.15) is 17.8 Å². The van der Waals surface area contributed by atoms with Crippen molar-refractivity contribution in [2.75, 3.05) is 38.2 Å². The third-order valence-corrected chi connectivity index (χ3v) is 11.3. The zero-order chi connectivity index (χ0) is 32.1. The molecule has 1 amide bonds. The number of amides is 1. The molecule has 3 aromatic carbocycles. The molecule has 12 heteroatoms. The molecule has 7 rings (SSSR count). The van der Waals surface area contributed by atoms with E-state index in [9.17, 15) is 8.42 Å². The van der Waals surface area contributed by atoms with Crippen LogP contribution in [-0.2, 0) is 26.9 Å². The number of benzene rings is 3. The number of likely N-dealkylation sites (tertiary alicyclic amines) is 2. The fraction of sp³-hybridized carbons (Fsp3) is 0.353. The summed E-state index contributed by atoms with van der Waals surface area (Å²) < 4.78 is 47.0. The number of aromatic nitrogens is 1. The number of sulfonamides is 1. The normalized spacial score (nSPS) is 22.0. The van der Waals surface area contributed by atoms with Crippen molar-refractivity contribution >= 4 is 33.2 Å². The molecule has 2 atom stereocenters. The van der Waals surface area contributed by atoms with Gasteiger partial charge in [0.05, 0.1) is 37.0 Å². The van der Waals surface area contributed by atoms with E-state index >= 15 is 4.79 Å². The molecule has 0 radical (unpaired) electrons. The number of hydrogen-bond acceptors (Lipinski definition) is 9. The topological polar surface area (TPSA) is 105 Å². The average molecular weight is 663 g/mol. The maximum absolute atomic E-state index is 15.4. The molecule has 0 saturated carbocycles. The summed E-state index contributed by atoms with van der Waals surface area (Å²) in [5, 5.41) is 0.371. The SMILES string of the molecule is COc1ccc(S(=O)(=O)N2C(=O)C(c3ccc(CN4CCCC4)cc3OC)(N3CCCC3c3ncco3)c3cc(Cl)ccc32)cc1. The van der Waals surface area contributed by atoms with Crippen LogP contribution in [0.15, 0.2) is 82.4 Å². The summed E-state index contributed by atoms with van der Waals surface area (Å²) in [4.78, 5) is 24.2. The fourth-order valence-electron chi connectivity index (χ4n) is 7.29. The molecule has 46 heavy (non-hydrogen) atoms. The summed E-state index contributed by atoms with van der Waals surface area (Å²) in [5.41, 5.74) is 0.618. The Kier molecular flexibility index (Phi) is 8.04. The second-order valence-corrected chi connectivity index (χ2v) is 14.1. The number of hydrogen-bond donors (Lipinski definition) is 0. The number of anilines is 1. The lowest BCUT2D eigenvalue weighted by Gasteiger charge is -2.41. The third kappa shape index (κ3) is 4.88. The number of oxazole rings is 1. The summed E-state index contributed by atoms with van der Waals surface area (Å²) in [5.74, 6) is 0.787. The highest BCUT2D eigenvalue weighted by atomic mass is 35.5. The van der Waals surface area contributed by atoms with E-state index in [0.29, 0.717) is 46.5 Å². The number of nitrogens with zero attached hydrogens (tertiary/aromatic N) is 4. The summed E-state index contributed by atoms with van der Waals surface area (Å²) in [6.45, 7) is 3.28. The van der Waals surface area contributed by atoms with E-state index in [0.717, 1.165) is 35.9 Å². The quantitative estimate of drug-likeness (QED) is 0.221. The van der Waals surface area contributed by atoms with Crippen LogP contribution in [0, 0.1) is 0 Å². The van der Waals surface area contributed by atoms with Gasteiger partial charge in [-0.2, -0.15) is 0 Å². The van der Waals surface area contributed by atoms with E-state index < -0.39 is 27.5 Å². The van der Waals surface area contributed by atoms with Crippen molar-refractivity contribution in [2.45, 2.75) is 48.7 Å². The van der Waals surface area contributed by atoms with E-state index in [1.807, 2.05) is 23.1 Å². The van der Waals surface area contributed by atoms with Crippen LogP contribution >= 0.6 is 11.6 Å². The van der Waals surface area contributed by atoms with E-state index in [1.54, 1.807) is 43.6 Å². The minimum atomic E-state index is -4.39. The molecule has 2 unspecified atom stereocenters. The fourth-order valence-corrected chi connectivity index (χ4v) is 8.92. The number of ether oxygens (including phenoxy) is 2. The van der Waals surface area contributed by atoms with Crippen LogP contribution in [0.1, 0.15) is 54.3 Å². The maximum Gasteiger partial charge on any atom is 0.271 e. The van der Waals surface area contributed by atoms with Gasteiger partial charge < -0.3 is 13.9 Å². The molecule has 4 aromatic rings. The molecule has 240 valence electrons. The van der Waals surface area contributed by atoms with Crippen LogP contribution in [0.5, 0.6) is 11.5 Å². The lowest BCUT2D eigenvalue weighted by atomic mass is 9.80. The first kappa shape index (κ1) is 30.7. The lowest BCUT2D eigenvalue weighted by molar-refractivity contribution is -0.127. The highest BCUT2D eigenvalue weighted by Crippen LogP contribution is 2.56. The molecule has 10 nitrogen and oxygen atoms in total. The molecule has 4 heterocycles. The number of carbonyl (C=O) groups is 1. The van der Waals surface area contributed by atoms with Gasteiger partial charge >= 0.3 is 0 Å². The third-order valence-electron chi connectivity index (χ3n) is 9.34. The van der Waals surface area contributed by atoms with Crippen LogP contribution in [0.3, 0.4) is 0 Å². The number of rotatable bonds is 9. The van der Waals surface area contributed by atoms with E-state index in [2.05, 4.69) is 9.88 Å². The molecule has 3 aliphatic rings. The van der Waals surface area contributed by atoms with Gasteiger partial charge in [0, 0.05) is 29.2 Å². The molecule has 0 spiro atoms. The molecule has 3 aliphatic heterocycles.